The number of aryl methyl sites for hydroxylation is 1. The molecule has 0 spiro atoms. The molecule has 176 valence electrons. The first-order valence-electron chi connectivity index (χ1n) is 11.2. The molecule has 0 aliphatic carbocycles. The van der Waals surface area contributed by atoms with Crippen molar-refractivity contribution in [2.45, 2.75) is 6.92 Å². The topological polar surface area (TPSA) is 69.4 Å². The van der Waals surface area contributed by atoms with Crippen LogP contribution in [0.1, 0.15) is 17.4 Å². The van der Waals surface area contributed by atoms with Crippen LogP contribution in [-0.2, 0) is 7.05 Å². The van der Waals surface area contributed by atoms with E-state index >= 15 is 0 Å². The second kappa shape index (κ2) is 8.92. The maximum absolute atomic E-state index is 14.0. The Morgan fingerprint density at radius 1 is 1.06 bits per heavy atom. The Hall–Kier alpha value is -4.10. The van der Waals surface area contributed by atoms with Crippen molar-refractivity contribution in [2.75, 3.05) is 18.6 Å². The summed E-state index contributed by atoms with van der Waals surface area (Å²) in [7, 11) is 3.40. The smallest absolute Gasteiger partial charge is 0.296 e. The van der Waals surface area contributed by atoms with Crippen molar-refractivity contribution in [3.05, 3.63) is 93.9 Å². The number of benzene rings is 3. The molecule has 0 fully saturated rings. The standard InChI is InChI=1S/C27H23ClN4O3/c1-4-31(19-9-7-8-17(28)16-19)26(33)24-23-21-10-5-6-11-22(21)30(2)25(23)27(34)32(29-24)18-12-14-20(35-3)15-13-18/h5-16H,4H2,1-3H3. The highest BCUT2D eigenvalue weighted by Crippen LogP contribution is 2.30. The number of para-hydroxylation sites is 1. The highest BCUT2D eigenvalue weighted by molar-refractivity contribution is 6.31. The lowest BCUT2D eigenvalue weighted by atomic mass is 10.1. The van der Waals surface area contributed by atoms with Gasteiger partial charge in [0.25, 0.3) is 11.5 Å². The van der Waals surface area contributed by atoms with Gasteiger partial charge in [0.15, 0.2) is 5.69 Å². The Balaban J connectivity index is 1.83. The minimum absolute atomic E-state index is 0.189. The van der Waals surface area contributed by atoms with Gasteiger partial charge in [-0.15, -0.1) is 0 Å². The molecule has 0 aliphatic rings. The third-order valence-electron chi connectivity index (χ3n) is 6.14. The number of methoxy groups -OCH3 is 1. The van der Waals surface area contributed by atoms with Gasteiger partial charge < -0.3 is 14.2 Å². The molecule has 1 amide bonds. The van der Waals surface area contributed by atoms with Crippen molar-refractivity contribution < 1.29 is 9.53 Å². The Bertz CT molecular complexity index is 1640. The average Bonchev–Trinajstić information content (AvgIpc) is 3.18. The highest BCUT2D eigenvalue weighted by atomic mass is 35.5. The first-order chi connectivity index (χ1) is 16.9. The monoisotopic (exact) mass is 486 g/mol. The first kappa shape index (κ1) is 22.7. The van der Waals surface area contributed by atoms with Crippen molar-refractivity contribution in [1.29, 1.82) is 0 Å². The van der Waals surface area contributed by atoms with Crippen LogP contribution in [0.4, 0.5) is 5.69 Å². The van der Waals surface area contributed by atoms with Gasteiger partial charge in [-0.2, -0.15) is 9.78 Å². The molecule has 0 N–H and O–H groups in total. The van der Waals surface area contributed by atoms with Crippen molar-refractivity contribution in [1.82, 2.24) is 14.3 Å². The quantitative estimate of drug-likeness (QED) is 0.342. The molecule has 5 rings (SSSR count). The van der Waals surface area contributed by atoms with Crippen LogP contribution in [0.3, 0.4) is 0 Å². The minimum Gasteiger partial charge on any atom is -0.497 e. The first-order valence-corrected chi connectivity index (χ1v) is 11.5. The SMILES string of the molecule is CCN(C(=O)c1nn(-c2ccc(OC)cc2)c(=O)c2c1c1ccccc1n2C)c1cccc(Cl)c1. The molecular formula is C27H23ClN4O3. The van der Waals surface area contributed by atoms with Gasteiger partial charge in [-0.3, -0.25) is 9.59 Å². The average molecular weight is 487 g/mol. The Kier molecular flexibility index (Phi) is 5.78. The summed E-state index contributed by atoms with van der Waals surface area (Å²) in [6.07, 6.45) is 0. The van der Waals surface area contributed by atoms with Gasteiger partial charge in [0.1, 0.15) is 11.3 Å². The summed E-state index contributed by atoms with van der Waals surface area (Å²) in [5.41, 5.74) is 2.31. The van der Waals surface area contributed by atoms with Gasteiger partial charge in [-0.25, -0.2) is 0 Å². The van der Waals surface area contributed by atoms with Gasteiger partial charge in [0.05, 0.1) is 12.8 Å². The van der Waals surface area contributed by atoms with Crippen LogP contribution in [0.5, 0.6) is 5.75 Å². The van der Waals surface area contributed by atoms with E-state index in [1.807, 2.05) is 48.9 Å². The van der Waals surface area contributed by atoms with E-state index in [1.165, 1.54) is 4.68 Å². The van der Waals surface area contributed by atoms with Gasteiger partial charge in [0, 0.05) is 40.6 Å². The van der Waals surface area contributed by atoms with E-state index < -0.39 is 0 Å². The second-order valence-electron chi connectivity index (χ2n) is 8.09. The molecule has 35 heavy (non-hydrogen) atoms. The van der Waals surface area contributed by atoms with E-state index in [0.29, 0.717) is 39.6 Å². The number of nitrogens with zero attached hydrogens (tertiary/aromatic N) is 4. The summed E-state index contributed by atoms with van der Waals surface area (Å²) in [5.74, 6) is 0.334. The second-order valence-corrected chi connectivity index (χ2v) is 8.53. The molecule has 8 heteroatoms. The Morgan fingerprint density at radius 3 is 2.49 bits per heavy atom. The van der Waals surface area contributed by atoms with Crippen LogP contribution in [0.15, 0.2) is 77.6 Å². The number of hydrogen-bond donors (Lipinski definition) is 0. The number of halogens is 1. The maximum atomic E-state index is 14.0. The normalized spacial score (nSPS) is 11.2. The summed E-state index contributed by atoms with van der Waals surface area (Å²) in [6.45, 7) is 2.29. The number of carbonyl (C=O) groups is 1. The molecular weight excluding hydrogens is 464 g/mol. The molecule has 2 heterocycles. The number of rotatable bonds is 5. The molecule has 7 nitrogen and oxygen atoms in total. The van der Waals surface area contributed by atoms with Crippen LogP contribution >= 0.6 is 11.6 Å². The fourth-order valence-electron chi connectivity index (χ4n) is 4.44. The van der Waals surface area contributed by atoms with E-state index in [0.717, 1.165) is 10.9 Å². The number of anilines is 1. The number of amides is 1. The molecule has 0 radical (unpaired) electrons. The molecule has 0 saturated heterocycles. The van der Waals surface area contributed by atoms with E-state index in [-0.39, 0.29) is 17.2 Å². The van der Waals surface area contributed by atoms with Crippen LogP contribution in [0, 0.1) is 0 Å². The van der Waals surface area contributed by atoms with E-state index in [9.17, 15) is 9.59 Å². The lowest BCUT2D eigenvalue weighted by molar-refractivity contribution is 0.0983. The summed E-state index contributed by atoms with van der Waals surface area (Å²) in [4.78, 5) is 29.3. The number of aromatic nitrogens is 3. The fraction of sp³-hybridized carbons (Fsp3) is 0.148. The van der Waals surface area contributed by atoms with Gasteiger partial charge in [-0.05, 0) is 55.5 Å². The van der Waals surface area contributed by atoms with Gasteiger partial charge in [0.2, 0.25) is 0 Å². The molecule has 2 aromatic heterocycles. The minimum atomic E-state index is -0.321. The molecule has 0 saturated carbocycles. The third-order valence-corrected chi connectivity index (χ3v) is 6.37. The van der Waals surface area contributed by atoms with Crippen LogP contribution in [0.25, 0.3) is 27.5 Å². The molecule has 0 aliphatic heterocycles. The van der Waals surface area contributed by atoms with Crippen molar-refractivity contribution in [3.63, 3.8) is 0 Å². The van der Waals surface area contributed by atoms with Crippen LogP contribution in [-0.4, -0.2) is 33.9 Å². The molecule has 0 unspecified atom stereocenters. The predicted molar refractivity (Wildman–Crippen MR) is 139 cm³/mol. The summed E-state index contributed by atoms with van der Waals surface area (Å²) >= 11 is 6.21. The number of ether oxygens (including phenoxy) is 1. The molecule has 0 bridgehead atoms. The van der Waals surface area contributed by atoms with Crippen molar-refractivity contribution in [2.24, 2.45) is 7.05 Å². The summed E-state index contributed by atoms with van der Waals surface area (Å²) in [5, 5.41) is 6.48. The lowest BCUT2D eigenvalue weighted by Crippen LogP contribution is -2.34. The zero-order valence-corrected chi connectivity index (χ0v) is 20.3. The summed E-state index contributed by atoms with van der Waals surface area (Å²) in [6, 6.07) is 21.7. The van der Waals surface area contributed by atoms with E-state index in [1.54, 1.807) is 54.5 Å². The Morgan fingerprint density at radius 2 is 1.80 bits per heavy atom. The Labute approximate surface area is 206 Å². The van der Waals surface area contributed by atoms with Crippen molar-refractivity contribution >= 4 is 45.0 Å². The van der Waals surface area contributed by atoms with Crippen molar-refractivity contribution in [3.8, 4) is 11.4 Å². The number of fused-ring (bicyclic) bond motifs is 3. The van der Waals surface area contributed by atoms with Crippen LogP contribution in [0.2, 0.25) is 5.02 Å². The molecule has 3 aromatic carbocycles. The number of carbonyl (C=O) groups excluding carboxylic acids is 1. The zero-order valence-electron chi connectivity index (χ0n) is 19.5. The van der Waals surface area contributed by atoms with Gasteiger partial charge >= 0.3 is 0 Å². The van der Waals surface area contributed by atoms with Gasteiger partial charge in [-0.1, -0.05) is 35.9 Å². The zero-order chi connectivity index (χ0) is 24.7. The van der Waals surface area contributed by atoms with E-state index in [2.05, 4.69) is 5.10 Å². The highest BCUT2D eigenvalue weighted by Gasteiger charge is 2.27. The lowest BCUT2D eigenvalue weighted by Gasteiger charge is -2.21. The predicted octanol–water partition coefficient (Wildman–Crippen LogP) is 5.21. The maximum Gasteiger partial charge on any atom is 0.296 e. The molecule has 5 aromatic rings. The largest absolute Gasteiger partial charge is 0.497 e. The number of hydrogen-bond acceptors (Lipinski definition) is 4. The van der Waals surface area contributed by atoms with Crippen LogP contribution < -0.4 is 15.2 Å². The molecule has 0 atom stereocenters. The fourth-order valence-corrected chi connectivity index (χ4v) is 4.63. The van der Waals surface area contributed by atoms with E-state index in [4.69, 9.17) is 16.3 Å². The third kappa shape index (κ3) is 3.74. The summed E-state index contributed by atoms with van der Waals surface area (Å²) < 4.78 is 8.35.